The molecule has 0 spiro atoms. The molecule has 0 saturated heterocycles. The first-order chi connectivity index (χ1) is 5.94. The molecule has 78 valence electrons. The molecule has 2 heteroatoms. The molecule has 0 bridgehead atoms. The van der Waals surface area contributed by atoms with Crippen LogP contribution < -0.4 is 5.73 Å². The van der Waals surface area contributed by atoms with Crippen molar-refractivity contribution >= 4 is 0 Å². The van der Waals surface area contributed by atoms with Crippen molar-refractivity contribution in [1.82, 2.24) is 0 Å². The summed E-state index contributed by atoms with van der Waals surface area (Å²) in [6, 6.07) is 0. The van der Waals surface area contributed by atoms with E-state index in [4.69, 9.17) is 10.8 Å². The standard InChI is InChI=1S/C11H23NO/c1-9-5-4-6-11(9,7-8-13)10(2,3)12/h9,13H,4-8,12H2,1-3H3. The molecule has 2 unspecified atom stereocenters. The van der Waals surface area contributed by atoms with Crippen molar-refractivity contribution in [2.45, 2.75) is 52.0 Å². The molecule has 1 rings (SSSR count). The van der Waals surface area contributed by atoms with E-state index in [-0.39, 0.29) is 17.6 Å². The molecular formula is C11H23NO. The van der Waals surface area contributed by atoms with Crippen molar-refractivity contribution < 1.29 is 5.11 Å². The highest BCUT2D eigenvalue weighted by Crippen LogP contribution is 2.51. The third-order valence-electron chi connectivity index (χ3n) is 4.04. The van der Waals surface area contributed by atoms with Crippen LogP contribution in [0, 0.1) is 11.3 Å². The summed E-state index contributed by atoms with van der Waals surface area (Å²) >= 11 is 0. The second-order valence-electron chi connectivity index (χ2n) is 5.14. The van der Waals surface area contributed by atoms with Gasteiger partial charge in [-0.3, -0.25) is 0 Å². The largest absolute Gasteiger partial charge is 0.396 e. The number of hydrogen-bond acceptors (Lipinski definition) is 2. The van der Waals surface area contributed by atoms with Crippen LogP contribution in [-0.2, 0) is 0 Å². The molecule has 2 nitrogen and oxygen atoms in total. The zero-order valence-corrected chi connectivity index (χ0v) is 9.14. The predicted octanol–water partition coefficient (Wildman–Crippen LogP) is 1.91. The summed E-state index contributed by atoms with van der Waals surface area (Å²) in [6.07, 6.45) is 4.57. The second kappa shape index (κ2) is 3.58. The lowest BCUT2D eigenvalue weighted by Crippen LogP contribution is -2.52. The number of rotatable bonds is 3. The molecule has 0 aromatic rings. The Morgan fingerprint density at radius 3 is 2.46 bits per heavy atom. The molecule has 0 radical (unpaired) electrons. The van der Waals surface area contributed by atoms with Gasteiger partial charge in [-0.25, -0.2) is 0 Å². The van der Waals surface area contributed by atoms with Crippen LogP contribution in [0.3, 0.4) is 0 Å². The highest BCUT2D eigenvalue weighted by atomic mass is 16.3. The molecular weight excluding hydrogens is 162 g/mol. The Bertz CT molecular complexity index is 173. The number of hydrogen-bond donors (Lipinski definition) is 2. The minimum Gasteiger partial charge on any atom is -0.396 e. The fraction of sp³-hybridized carbons (Fsp3) is 1.00. The van der Waals surface area contributed by atoms with Gasteiger partial charge in [-0.2, -0.15) is 0 Å². The third kappa shape index (κ3) is 1.75. The fourth-order valence-electron chi connectivity index (χ4n) is 3.10. The molecule has 3 N–H and O–H groups in total. The Balaban J connectivity index is 2.87. The topological polar surface area (TPSA) is 46.2 Å². The van der Waals surface area contributed by atoms with Crippen molar-refractivity contribution in [2.24, 2.45) is 17.1 Å². The SMILES string of the molecule is CC1CCCC1(CCO)C(C)(C)N. The van der Waals surface area contributed by atoms with Gasteiger partial charge in [0, 0.05) is 12.1 Å². The van der Waals surface area contributed by atoms with Crippen LogP contribution in [0.2, 0.25) is 0 Å². The second-order valence-corrected chi connectivity index (χ2v) is 5.14. The van der Waals surface area contributed by atoms with Gasteiger partial charge in [0.15, 0.2) is 0 Å². The first-order valence-electron chi connectivity index (χ1n) is 5.34. The highest BCUT2D eigenvalue weighted by molar-refractivity contribution is 5.02. The van der Waals surface area contributed by atoms with E-state index in [0.29, 0.717) is 5.92 Å². The van der Waals surface area contributed by atoms with Gasteiger partial charge in [0.2, 0.25) is 0 Å². The number of aliphatic hydroxyl groups excluding tert-OH is 1. The van der Waals surface area contributed by atoms with Crippen LogP contribution in [-0.4, -0.2) is 17.3 Å². The molecule has 1 aliphatic rings. The van der Waals surface area contributed by atoms with E-state index in [2.05, 4.69) is 20.8 Å². The predicted molar refractivity (Wildman–Crippen MR) is 55.4 cm³/mol. The van der Waals surface area contributed by atoms with Crippen LogP contribution in [0.1, 0.15) is 46.5 Å². The third-order valence-corrected chi connectivity index (χ3v) is 4.04. The minimum absolute atomic E-state index is 0.161. The van der Waals surface area contributed by atoms with E-state index in [1.165, 1.54) is 19.3 Å². The van der Waals surface area contributed by atoms with E-state index in [0.717, 1.165) is 6.42 Å². The van der Waals surface area contributed by atoms with E-state index in [9.17, 15) is 0 Å². The highest BCUT2D eigenvalue weighted by Gasteiger charge is 2.48. The summed E-state index contributed by atoms with van der Waals surface area (Å²) in [6.45, 7) is 6.75. The van der Waals surface area contributed by atoms with Crippen LogP contribution in [0.4, 0.5) is 0 Å². The summed E-state index contributed by atoms with van der Waals surface area (Å²) in [4.78, 5) is 0. The summed E-state index contributed by atoms with van der Waals surface area (Å²) in [7, 11) is 0. The molecule has 13 heavy (non-hydrogen) atoms. The van der Waals surface area contributed by atoms with E-state index in [1.54, 1.807) is 0 Å². The molecule has 1 fully saturated rings. The van der Waals surface area contributed by atoms with Crippen LogP contribution in [0.5, 0.6) is 0 Å². The lowest BCUT2D eigenvalue weighted by molar-refractivity contribution is 0.0642. The molecule has 1 aliphatic carbocycles. The Morgan fingerprint density at radius 2 is 2.15 bits per heavy atom. The molecule has 2 atom stereocenters. The van der Waals surface area contributed by atoms with Crippen molar-refractivity contribution in [3.63, 3.8) is 0 Å². The van der Waals surface area contributed by atoms with Crippen molar-refractivity contribution in [1.29, 1.82) is 0 Å². The van der Waals surface area contributed by atoms with E-state index >= 15 is 0 Å². The summed E-state index contributed by atoms with van der Waals surface area (Å²) < 4.78 is 0. The zero-order chi connectivity index (χ0) is 10.1. The summed E-state index contributed by atoms with van der Waals surface area (Å²) in [5, 5.41) is 9.12. The van der Waals surface area contributed by atoms with Crippen molar-refractivity contribution in [2.75, 3.05) is 6.61 Å². The Hall–Kier alpha value is -0.0800. The Morgan fingerprint density at radius 1 is 1.54 bits per heavy atom. The molecule has 0 heterocycles. The van der Waals surface area contributed by atoms with Gasteiger partial charge in [-0.05, 0) is 38.0 Å². The molecule has 0 aromatic heterocycles. The number of nitrogens with two attached hydrogens (primary N) is 1. The summed E-state index contributed by atoms with van der Waals surface area (Å²) in [5.41, 5.74) is 6.25. The maximum Gasteiger partial charge on any atom is 0.0437 e. The van der Waals surface area contributed by atoms with Crippen molar-refractivity contribution in [3.05, 3.63) is 0 Å². The smallest absolute Gasteiger partial charge is 0.0437 e. The average molecular weight is 185 g/mol. The zero-order valence-electron chi connectivity index (χ0n) is 9.14. The van der Waals surface area contributed by atoms with Gasteiger partial charge in [-0.1, -0.05) is 19.8 Å². The van der Waals surface area contributed by atoms with Crippen molar-refractivity contribution in [3.8, 4) is 0 Å². The van der Waals surface area contributed by atoms with Gasteiger partial charge in [0.25, 0.3) is 0 Å². The first-order valence-corrected chi connectivity index (χ1v) is 5.34. The van der Waals surface area contributed by atoms with Crippen LogP contribution in [0.25, 0.3) is 0 Å². The van der Waals surface area contributed by atoms with Gasteiger partial charge >= 0.3 is 0 Å². The van der Waals surface area contributed by atoms with Gasteiger partial charge in [-0.15, -0.1) is 0 Å². The van der Waals surface area contributed by atoms with Gasteiger partial charge < -0.3 is 10.8 Å². The van der Waals surface area contributed by atoms with Gasteiger partial charge in [0.05, 0.1) is 0 Å². The van der Waals surface area contributed by atoms with E-state index < -0.39 is 0 Å². The Kier molecular flexibility index (Phi) is 3.03. The average Bonchev–Trinajstić information content (AvgIpc) is 2.33. The molecule has 1 saturated carbocycles. The summed E-state index contributed by atoms with van der Waals surface area (Å²) in [5.74, 6) is 0.652. The lowest BCUT2D eigenvalue weighted by Gasteiger charge is -2.45. The normalized spacial score (nSPS) is 35.3. The van der Waals surface area contributed by atoms with Crippen LogP contribution >= 0.6 is 0 Å². The molecule has 0 aromatic carbocycles. The minimum atomic E-state index is -0.161. The first kappa shape index (κ1) is 11.0. The van der Waals surface area contributed by atoms with Crippen LogP contribution in [0.15, 0.2) is 0 Å². The lowest BCUT2D eigenvalue weighted by atomic mass is 9.64. The van der Waals surface area contributed by atoms with E-state index in [1.807, 2.05) is 0 Å². The fourth-order valence-corrected chi connectivity index (χ4v) is 3.10. The van der Waals surface area contributed by atoms with Gasteiger partial charge in [0.1, 0.15) is 0 Å². The quantitative estimate of drug-likeness (QED) is 0.705. The molecule has 0 amide bonds. The molecule has 0 aliphatic heterocycles. The maximum atomic E-state index is 9.12. The monoisotopic (exact) mass is 185 g/mol. The Labute approximate surface area is 81.5 Å². The maximum absolute atomic E-state index is 9.12. The number of aliphatic hydroxyl groups is 1.